The summed E-state index contributed by atoms with van der Waals surface area (Å²) >= 11 is 0. The van der Waals surface area contributed by atoms with Crippen LogP contribution < -0.4 is 5.43 Å². The molecule has 27 heavy (non-hydrogen) atoms. The number of rotatable bonds is 8. The first-order chi connectivity index (χ1) is 12.8. The van der Waals surface area contributed by atoms with Crippen molar-refractivity contribution in [1.82, 2.24) is 4.31 Å². The van der Waals surface area contributed by atoms with Gasteiger partial charge >= 0.3 is 0 Å². The molecule has 0 atom stereocenters. The van der Waals surface area contributed by atoms with E-state index in [0.29, 0.717) is 0 Å². The second-order valence-electron chi connectivity index (χ2n) is 5.75. The molecule has 9 heteroatoms. The summed E-state index contributed by atoms with van der Waals surface area (Å²) < 4.78 is 27.0. The lowest BCUT2D eigenvalue weighted by atomic mass is 10.1. The van der Waals surface area contributed by atoms with Gasteiger partial charge in [-0.25, -0.2) is 8.42 Å². The fourth-order valence-corrected chi connectivity index (χ4v) is 4.16. The zero-order valence-corrected chi connectivity index (χ0v) is 16.2. The molecular weight excluding hydrogens is 368 g/mol. The molecule has 0 saturated heterocycles. The number of nitro benzene ring substituents is 1. The SMILES string of the molecule is CCN(CC)S(=O)(=O)c1cc([N+](=O)[O-])ccc1NN=Cc1ccccc1C. The van der Waals surface area contributed by atoms with Gasteiger partial charge in [0.15, 0.2) is 0 Å². The number of sulfonamides is 1. The van der Waals surface area contributed by atoms with Crippen molar-refractivity contribution in [1.29, 1.82) is 0 Å². The number of aryl methyl sites for hydroxylation is 1. The van der Waals surface area contributed by atoms with Crippen molar-refractivity contribution in [3.8, 4) is 0 Å². The second kappa shape index (κ2) is 8.74. The molecule has 8 nitrogen and oxygen atoms in total. The fraction of sp³-hybridized carbons (Fsp3) is 0.278. The maximum absolute atomic E-state index is 12.9. The Morgan fingerprint density at radius 2 is 1.85 bits per heavy atom. The van der Waals surface area contributed by atoms with Gasteiger partial charge in [0.25, 0.3) is 5.69 Å². The molecule has 0 radical (unpaired) electrons. The van der Waals surface area contributed by atoms with E-state index in [9.17, 15) is 18.5 Å². The lowest BCUT2D eigenvalue weighted by Crippen LogP contribution is -2.31. The summed E-state index contributed by atoms with van der Waals surface area (Å²) in [7, 11) is -3.90. The molecule has 0 fully saturated rings. The normalized spacial score (nSPS) is 11.9. The average molecular weight is 390 g/mol. The van der Waals surface area contributed by atoms with Gasteiger partial charge < -0.3 is 0 Å². The third-order valence-corrected chi connectivity index (χ3v) is 6.17. The summed E-state index contributed by atoms with van der Waals surface area (Å²) in [4.78, 5) is 10.3. The van der Waals surface area contributed by atoms with Gasteiger partial charge in [0, 0.05) is 25.2 Å². The first-order valence-corrected chi connectivity index (χ1v) is 9.88. The summed E-state index contributed by atoms with van der Waals surface area (Å²) in [6.07, 6.45) is 1.57. The standard InChI is InChI=1S/C18H22N4O4S/c1-4-21(5-2)27(25,26)18-12-16(22(23)24)10-11-17(18)20-19-13-15-9-7-6-8-14(15)3/h6-13,20H,4-5H2,1-3H3. The minimum Gasteiger partial charge on any atom is -0.277 e. The Balaban J connectivity index is 2.44. The Kier molecular flexibility index (Phi) is 6.65. The number of hydrazone groups is 1. The van der Waals surface area contributed by atoms with Crippen LogP contribution in [0.2, 0.25) is 0 Å². The van der Waals surface area contributed by atoms with Crippen LogP contribution >= 0.6 is 0 Å². The van der Waals surface area contributed by atoms with Crippen LogP contribution in [0.25, 0.3) is 0 Å². The summed E-state index contributed by atoms with van der Waals surface area (Å²) in [5.41, 5.74) is 4.48. The van der Waals surface area contributed by atoms with E-state index in [1.807, 2.05) is 31.2 Å². The number of hydrogen-bond donors (Lipinski definition) is 1. The molecular formula is C18H22N4O4S. The van der Waals surface area contributed by atoms with Gasteiger partial charge in [-0.3, -0.25) is 15.5 Å². The van der Waals surface area contributed by atoms with Crippen LogP contribution in [0.3, 0.4) is 0 Å². The van der Waals surface area contributed by atoms with Crippen molar-refractivity contribution in [3.05, 3.63) is 63.7 Å². The lowest BCUT2D eigenvalue weighted by Gasteiger charge is -2.20. The molecule has 0 unspecified atom stereocenters. The van der Waals surface area contributed by atoms with Crippen LogP contribution in [-0.2, 0) is 10.0 Å². The molecule has 0 bridgehead atoms. The van der Waals surface area contributed by atoms with Crippen LogP contribution in [0.1, 0.15) is 25.0 Å². The van der Waals surface area contributed by atoms with Gasteiger partial charge in [-0.15, -0.1) is 0 Å². The molecule has 2 rings (SSSR count). The number of hydrogen-bond acceptors (Lipinski definition) is 6. The van der Waals surface area contributed by atoms with E-state index in [1.54, 1.807) is 20.1 Å². The molecule has 0 aliphatic heterocycles. The molecule has 0 heterocycles. The molecule has 0 aliphatic carbocycles. The van der Waals surface area contributed by atoms with Crippen LogP contribution in [-0.4, -0.2) is 37.0 Å². The molecule has 0 amide bonds. The van der Waals surface area contributed by atoms with Crippen molar-refractivity contribution in [2.45, 2.75) is 25.7 Å². The predicted molar refractivity (Wildman–Crippen MR) is 106 cm³/mol. The third-order valence-electron chi connectivity index (χ3n) is 4.08. The number of nitro groups is 1. The highest BCUT2D eigenvalue weighted by molar-refractivity contribution is 7.89. The van der Waals surface area contributed by atoms with Crippen molar-refractivity contribution in [2.24, 2.45) is 5.10 Å². The number of benzene rings is 2. The zero-order valence-electron chi connectivity index (χ0n) is 15.4. The van der Waals surface area contributed by atoms with Crippen LogP contribution in [0, 0.1) is 17.0 Å². The number of anilines is 1. The summed E-state index contributed by atoms with van der Waals surface area (Å²) in [6.45, 7) is 5.87. The molecule has 144 valence electrons. The maximum Gasteiger partial charge on any atom is 0.270 e. The summed E-state index contributed by atoms with van der Waals surface area (Å²) in [5.74, 6) is 0. The highest BCUT2D eigenvalue weighted by atomic mass is 32.2. The quantitative estimate of drug-likeness (QED) is 0.423. The second-order valence-corrected chi connectivity index (χ2v) is 7.66. The minimum atomic E-state index is -3.90. The molecule has 0 saturated carbocycles. The van der Waals surface area contributed by atoms with Gasteiger partial charge in [0.05, 0.1) is 16.8 Å². The minimum absolute atomic E-state index is 0.178. The third kappa shape index (κ3) is 4.69. The van der Waals surface area contributed by atoms with Gasteiger partial charge in [-0.2, -0.15) is 9.41 Å². The van der Waals surface area contributed by atoms with Gasteiger partial charge in [0.2, 0.25) is 10.0 Å². The topological polar surface area (TPSA) is 105 Å². The number of nitrogens with zero attached hydrogens (tertiary/aromatic N) is 3. The van der Waals surface area contributed by atoms with Gasteiger partial charge in [-0.1, -0.05) is 38.1 Å². The molecule has 0 aromatic heterocycles. The zero-order chi connectivity index (χ0) is 20.0. The monoisotopic (exact) mass is 390 g/mol. The van der Waals surface area contributed by atoms with Crippen LogP contribution in [0.5, 0.6) is 0 Å². The number of non-ortho nitro benzene ring substituents is 1. The first-order valence-electron chi connectivity index (χ1n) is 8.44. The summed E-state index contributed by atoms with van der Waals surface area (Å²) in [5, 5.41) is 15.2. The van der Waals surface area contributed by atoms with E-state index in [1.165, 1.54) is 16.4 Å². The van der Waals surface area contributed by atoms with Crippen LogP contribution in [0.4, 0.5) is 11.4 Å². The molecule has 2 aromatic carbocycles. The van der Waals surface area contributed by atoms with E-state index in [2.05, 4.69) is 10.5 Å². The molecule has 0 aliphatic rings. The summed E-state index contributed by atoms with van der Waals surface area (Å²) in [6, 6.07) is 11.2. The van der Waals surface area contributed by atoms with Gasteiger partial charge in [-0.05, 0) is 24.1 Å². The Labute approximate surface area is 158 Å². The largest absolute Gasteiger partial charge is 0.277 e. The van der Waals surface area contributed by atoms with Crippen molar-refractivity contribution in [3.63, 3.8) is 0 Å². The van der Waals surface area contributed by atoms with E-state index in [-0.39, 0.29) is 29.4 Å². The van der Waals surface area contributed by atoms with Crippen LogP contribution in [0.15, 0.2) is 52.5 Å². The fourth-order valence-electron chi connectivity index (χ4n) is 2.54. The average Bonchev–Trinajstić information content (AvgIpc) is 2.64. The highest BCUT2D eigenvalue weighted by Gasteiger charge is 2.27. The molecule has 2 aromatic rings. The predicted octanol–water partition coefficient (Wildman–Crippen LogP) is 3.38. The smallest absolute Gasteiger partial charge is 0.270 e. The van der Waals surface area contributed by atoms with E-state index in [4.69, 9.17) is 0 Å². The van der Waals surface area contributed by atoms with Crippen molar-refractivity contribution >= 4 is 27.6 Å². The Morgan fingerprint density at radius 1 is 1.19 bits per heavy atom. The highest BCUT2D eigenvalue weighted by Crippen LogP contribution is 2.29. The molecule has 0 spiro atoms. The van der Waals surface area contributed by atoms with E-state index < -0.39 is 14.9 Å². The van der Waals surface area contributed by atoms with Crippen molar-refractivity contribution < 1.29 is 13.3 Å². The van der Waals surface area contributed by atoms with E-state index in [0.717, 1.165) is 17.2 Å². The maximum atomic E-state index is 12.9. The van der Waals surface area contributed by atoms with E-state index >= 15 is 0 Å². The molecule has 1 N–H and O–H groups in total. The van der Waals surface area contributed by atoms with Gasteiger partial charge in [0.1, 0.15) is 4.90 Å². The van der Waals surface area contributed by atoms with Crippen molar-refractivity contribution in [2.75, 3.05) is 18.5 Å². The lowest BCUT2D eigenvalue weighted by molar-refractivity contribution is -0.385. The Bertz CT molecular complexity index is 954. The Hall–Kier alpha value is -2.78. The number of nitrogens with one attached hydrogen (secondary N) is 1. The first kappa shape index (κ1) is 20.5. The Morgan fingerprint density at radius 3 is 2.44 bits per heavy atom.